The summed E-state index contributed by atoms with van der Waals surface area (Å²) in [6.45, 7) is 5.80. The molecule has 2 aromatic carbocycles. The quantitative estimate of drug-likeness (QED) is 0.368. The topological polar surface area (TPSA) is 52.0 Å². The van der Waals surface area contributed by atoms with Gasteiger partial charge in [-0.05, 0) is 37.1 Å². The highest BCUT2D eigenvalue weighted by Crippen LogP contribution is 2.23. The van der Waals surface area contributed by atoms with Gasteiger partial charge in [-0.1, -0.05) is 72.9 Å². The Labute approximate surface area is 188 Å². The fraction of sp³-hybridized carbons (Fsp3) is 0.391. The van der Waals surface area contributed by atoms with Crippen molar-refractivity contribution in [1.29, 1.82) is 0 Å². The van der Waals surface area contributed by atoms with Crippen molar-refractivity contribution in [2.75, 3.05) is 19.8 Å². The van der Waals surface area contributed by atoms with Crippen LogP contribution in [0.5, 0.6) is 0 Å². The van der Waals surface area contributed by atoms with E-state index in [1.807, 2.05) is 30.3 Å². The van der Waals surface area contributed by atoms with Crippen LogP contribution in [0.25, 0.3) is 11.3 Å². The largest absolute Gasteiger partial charge is 0.381 e. The van der Waals surface area contributed by atoms with Gasteiger partial charge in [0.05, 0.1) is 6.54 Å². The van der Waals surface area contributed by atoms with E-state index >= 15 is 0 Å². The molecule has 1 N–H and O–H groups in total. The van der Waals surface area contributed by atoms with Gasteiger partial charge >= 0.3 is 0 Å². The van der Waals surface area contributed by atoms with Crippen LogP contribution in [0.1, 0.15) is 37.4 Å². The summed E-state index contributed by atoms with van der Waals surface area (Å²) in [4.78, 5) is 1.70. The average Bonchev–Trinajstić information content (AvgIpc) is 3.15. The third-order valence-electron chi connectivity index (χ3n) is 4.68. The van der Waals surface area contributed by atoms with Crippen molar-refractivity contribution in [2.45, 2.75) is 39.3 Å². The van der Waals surface area contributed by atoms with Crippen molar-refractivity contribution in [2.24, 2.45) is 0 Å². The van der Waals surface area contributed by atoms with Crippen molar-refractivity contribution in [1.82, 2.24) is 20.3 Å². The Bertz CT molecular complexity index is 915. The van der Waals surface area contributed by atoms with Gasteiger partial charge in [-0.3, -0.25) is 0 Å². The van der Waals surface area contributed by atoms with Gasteiger partial charge in [0, 0.05) is 35.4 Å². The van der Waals surface area contributed by atoms with Crippen molar-refractivity contribution < 1.29 is 4.74 Å². The van der Waals surface area contributed by atoms with E-state index in [1.165, 1.54) is 0 Å². The molecule has 7 heteroatoms. The minimum absolute atomic E-state index is 0.487. The van der Waals surface area contributed by atoms with Gasteiger partial charge in [0.1, 0.15) is 11.4 Å². The van der Waals surface area contributed by atoms with E-state index in [2.05, 4.69) is 24.4 Å². The lowest BCUT2D eigenvalue weighted by Crippen LogP contribution is -2.17. The zero-order chi connectivity index (χ0) is 21.2. The number of rotatable bonds is 12. The van der Waals surface area contributed by atoms with Gasteiger partial charge in [-0.15, -0.1) is 0 Å². The number of nitrogens with zero attached hydrogens (tertiary/aromatic N) is 3. The zero-order valence-corrected chi connectivity index (χ0v) is 18.8. The number of hydrogen-bond acceptors (Lipinski definition) is 4. The van der Waals surface area contributed by atoms with Crippen molar-refractivity contribution >= 4 is 23.2 Å². The molecule has 3 rings (SSSR count). The SMILES string of the molecule is CCCCOCCCNCc1nn(Cc2ccc(Cl)cc2Cl)nc1-c1ccccc1. The monoisotopic (exact) mass is 446 g/mol. The molecule has 0 saturated carbocycles. The number of nitrogens with one attached hydrogen (secondary N) is 1. The second-order valence-electron chi connectivity index (χ2n) is 7.12. The first-order valence-corrected chi connectivity index (χ1v) is 11.1. The lowest BCUT2D eigenvalue weighted by atomic mass is 10.1. The van der Waals surface area contributed by atoms with Gasteiger partial charge in [0.2, 0.25) is 0 Å². The van der Waals surface area contributed by atoms with Crippen LogP contribution in [0.15, 0.2) is 48.5 Å². The Hall–Kier alpha value is -1.92. The van der Waals surface area contributed by atoms with Crippen LogP contribution in [0, 0.1) is 0 Å². The Balaban J connectivity index is 1.65. The minimum atomic E-state index is 0.487. The molecule has 0 amide bonds. The average molecular weight is 447 g/mol. The number of halogens is 2. The number of ether oxygens (including phenoxy) is 1. The fourth-order valence-corrected chi connectivity index (χ4v) is 3.52. The molecule has 3 aromatic rings. The number of aromatic nitrogens is 3. The molecular formula is C23H28Cl2N4O. The summed E-state index contributed by atoms with van der Waals surface area (Å²) in [5, 5.41) is 14.2. The summed E-state index contributed by atoms with van der Waals surface area (Å²) in [6, 6.07) is 15.6. The van der Waals surface area contributed by atoms with Crippen molar-refractivity contribution in [3.8, 4) is 11.3 Å². The van der Waals surface area contributed by atoms with Gasteiger partial charge in [0.15, 0.2) is 0 Å². The molecule has 0 atom stereocenters. The maximum Gasteiger partial charge on any atom is 0.117 e. The minimum Gasteiger partial charge on any atom is -0.381 e. The highest BCUT2D eigenvalue weighted by molar-refractivity contribution is 6.35. The van der Waals surface area contributed by atoms with Crippen molar-refractivity contribution in [3.63, 3.8) is 0 Å². The molecule has 0 spiro atoms. The van der Waals surface area contributed by atoms with Crippen LogP contribution in [0.4, 0.5) is 0 Å². The van der Waals surface area contributed by atoms with E-state index in [4.69, 9.17) is 38.1 Å². The van der Waals surface area contributed by atoms with E-state index < -0.39 is 0 Å². The highest BCUT2D eigenvalue weighted by atomic mass is 35.5. The molecule has 0 radical (unpaired) electrons. The fourth-order valence-electron chi connectivity index (χ4n) is 3.05. The first-order chi connectivity index (χ1) is 14.7. The van der Waals surface area contributed by atoms with Crippen LogP contribution in [0.3, 0.4) is 0 Å². The van der Waals surface area contributed by atoms with E-state index in [1.54, 1.807) is 10.9 Å². The standard InChI is InChI=1S/C23H28Cl2N4O/c1-2-3-13-30-14-7-12-26-16-22-23(18-8-5-4-6-9-18)28-29(27-22)17-19-10-11-20(24)15-21(19)25/h4-6,8-11,15,26H,2-3,7,12-14,16-17H2,1H3. The Kier molecular flexibility index (Phi) is 9.15. The van der Waals surface area contributed by atoms with Gasteiger partial charge in [-0.2, -0.15) is 15.0 Å². The van der Waals surface area contributed by atoms with Crippen molar-refractivity contribution in [3.05, 3.63) is 69.8 Å². The van der Waals surface area contributed by atoms with Gasteiger partial charge in [-0.25, -0.2) is 0 Å². The molecule has 0 aliphatic carbocycles. The third-order valence-corrected chi connectivity index (χ3v) is 5.26. The van der Waals surface area contributed by atoms with Gasteiger partial charge in [0.25, 0.3) is 0 Å². The molecule has 1 heterocycles. The molecule has 0 aliphatic rings. The number of hydrogen-bond donors (Lipinski definition) is 1. The maximum absolute atomic E-state index is 6.33. The predicted molar refractivity (Wildman–Crippen MR) is 123 cm³/mol. The molecule has 0 aliphatic heterocycles. The van der Waals surface area contributed by atoms with E-state index in [-0.39, 0.29) is 0 Å². The molecule has 160 valence electrons. The lowest BCUT2D eigenvalue weighted by molar-refractivity contribution is 0.128. The summed E-state index contributed by atoms with van der Waals surface area (Å²) in [7, 11) is 0. The number of unbranched alkanes of at least 4 members (excludes halogenated alkanes) is 1. The van der Waals surface area contributed by atoms with Crippen LogP contribution >= 0.6 is 23.2 Å². The molecule has 30 heavy (non-hydrogen) atoms. The van der Waals surface area contributed by atoms with Crippen LogP contribution in [-0.2, 0) is 17.8 Å². The normalized spacial score (nSPS) is 11.2. The third kappa shape index (κ3) is 6.81. The Morgan fingerprint density at radius 3 is 2.57 bits per heavy atom. The summed E-state index contributed by atoms with van der Waals surface area (Å²) in [5.74, 6) is 0. The second-order valence-corrected chi connectivity index (χ2v) is 7.97. The molecule has 0 unspecified atom stereocenters. The summed E-state index contributed by atoms with van der Waals surface area (Å²) >= 11 is 12.3. The molecular weight excluding hydrogens is 419 g/mol. The molecule has 0 saturated heterocycles. The Morgan fingerprint density at radius 2 is 1.80 bits per heavy atom. The van der Waals surface area contributed by atoms with Crippen LogP contribution in [-0.4, -0.2) is 34.8 Å². The molecule has 0 fully saturated rings. The lowest BCUT2D eigenvalue weighted by Gasteiger charge is -2.05. The van der Waals surface area contributed by atoms with E-state index in [0.717, 1.165) is 61.5 Å². The Morgan fingerprint density at radius 1 is 1.00 bits per heavy atom. The van der Waals surface area contributed by atoms with E-state index in [0.29, 0.717) is 23.1 Å². The zero-order valence-electron chi connectivity index (χ0n) is 17.3. The molecule has 1 aromatic heterocycles. The molecule has 5 nitrogen and oxygen atoms in total. The van der Waals surface area contributed by atoms with Crippen LogP contribution < -0.4 is 5.32 Å². The maximum atomic E-state index is 6.33. The first kappa shape index (κ1) is 22.8. The highest BCUT2D eigenvalue weighted by Gasteiger charge is 2.14. The molecule has 0 bridgehead atoms. The second kappa shape index (κ2) is 12.1. The smallest absolute Gasteiger partial charge is 0.117 e. The van der Waals surface area contributed by atoms with E-state index in [9.17, 15) is 0 Å². The summed E-state index contributed by atoms with van der Waals surface area (Å²) < 4.78 is 5.62. The predicted octanol–water partition coefficient (Wildman–Crippen LogP) is 5.60. The number of benzene rings is 2. The van der Waals surface area contributed by atoms with Gasteiger partial charge < -0.3 is 10.1 Å². The summed E-state index contributed by atoms with van der Waals surface area (Å²) in [5.41, 5.74) is 3.77. The summed E-state index contributed by atoms with van der Waals surface area (Å²) in [6.07, 6.45) is 3.25. The van der Waals surface area contributed by atoms with Crippen LogP contribution in [0.2, 0.25) is 10.0 Å². The first-order valence-electron chi connectivity index (χ1n) is 10.4.